The number of imidazole rings is 1. The fourth-order valence-electron chi connectivity index (χ4n) is 1.62. The minimum atomic E-state index is -0.279. The van der Waals surface area contributed by atoms with Crippen molar-refractivity contribution in [3.8, 4) is 0 Å². The number of aromatic nitrogens is 2. The maximum Gasteiger partial charge on any atom is 0.207 e. The van der Waals surface area contributed by atoms with Crippen molar-refractivity contribution in [3.63, 3.8) is 0 Å². The number of halogens is 1. The molecule has 1 aromatic heterocycles. The van der Waals surface area contributed by atoms with Gasteiger partial charge in [-0.2, -0.15) is 0 Å². The van der Waals surface area contributed by atoms with E-state index in [9.17, 15) is 4.39 Å². The van der Waals surface area contributed by atoms with E-state index >= 15 is 0 Å². The lowest BCUT2D eigenvalue weighted by Gasteiger charge is -2.11. The average molecular weight is 231 g/mol. The van der Waals surface area contributed by atoms with Gasteiger partial charge in [0.1, 0.15) is 5.82 Å². The molecule has 2 aromatic rings. The molecule has 0 spiro atoms. The molecule has 0 bridgehead atoms. The number of nitrogens with one attached hydrogen (secondary N) is 1. The standard InChI is InChI=1S/C13H14FN3/c1-3-8-17-9-7-15-13(17)16-12-10(2)5-4-6-11(12)14/h3-7,9H,1,8H2,2H3,(H,15,16). The van der Waals surface area contributed by atoms with Gasteiger partial charge in [-0.3, -0.25) is 0 Å². The Bertz CT molecular complexity index is 511. The van der Waals surface area contributed by atoms with Crippen LogP contribution in [0.2, 0.25) is 0 Å². The van der Waals surface area contributed by atoms with Crippen molar-refractivity contribution in [3.05, 3.63) is 54.6 Å². The highest BCUT2D eigenvalue weighted by Gasteiger charge is 2.08. The molecule has 0 aliphatic carbocycles. The molecule has 4 heteroatoms. The summed E-state index contributed by atoms with van der Waals surface area (Å²) in [7, 11) is 0. The van der Waals surface area contributed by atoms with Gasteiger partial charge in [0.2, 0.25) is 5.95 Å². The normalized spacial score (nSPS) is 10.2. The zero-order chi connectivity index (χ0) is 12.3. The lowest BCUT2D eigenvalue weighted by atomic mass is 10.2. The Labute approximate surface area is 99.6 Å². The molecule has 3 nitrogen and oxygen atoms in total. The van der Waals surface area contributed by atoms with Crippen molar-refractivity contribution in [1.82, 2.24) is 9.55 Å². The zero-order valence-corrected chi connectivity index (χ0v) is 9.65. The van der Waals surface area contributed by atoms with Crippen LogP contribution in [-0.4, -0.2) is 9.55 Å². The van der Waals surface area contributed by atoms with Crippen LogP contribution in [0.3, 0.4) is 0 Å². The average Bonchev–Trinajstić information content (AvgIpc) is 2.72. The SMILES string of the molecule is C=CCn1ccnc1Nc1c(C)cccc1F. The van der Waals surface area contributed by atoms with Crippen molar-refractivity contribution < 1.29 is 4.39 Å². The molecule has 1 N–H and O–H groups in total. The minimum Gasteiger partial charge on any atom is -0.323 e. The lowest BCUT2D eigenvalue weighted by molar-refractivity contribution is 0.630. The van der Waals surface area contributed by atoms with Crippen LogP contribution < -0.4 is 5.32 Å². The summed E-state index contributed by atoms with van der Waals surface area (Å²) in [6, 6.07) is 4.97. The molecule has 0 saturated heterocycles. The van der Waals surface area contributed by atoms with Crippen molar-refractivity contribution in [2.75, 3.05) is 5.32 Å². The number of nitrogens with zero attached hydrogens (tertiary/aromatic N) is 2. The fraction of sp³-hybridized carbons (Fsp3) is 0.154. The topological polar surface area (TPSA) is 29.9 Å². The van der Waals surface area contributed by atoms with E-state index < -0.39 is 0 Å². The summed E-state index contributed by atoms with van der Waals surface area (Å²) in [5.74, 6) is 0.330. The highest BCUT2D eigenvalue weighted by atomic mass is 19.1. The quantitative estimate of drug-likeness (QED) is 0.818. The Kier molecular flexibility index (Phi) is 3.23. The first-order valence-corrected chi connectivity index (χ1v) is 5.36. The summed E-state index contributed by atoms with van der Waals surface area (Å²) < 4.78 is 15.5. The summed E-state index contributed by atoms with van der Waals surface area (Å²) >= 11 is 0. The second kappa shape index (κ2) is 4.82. The van der Waals surface area contributed by atoms with Crippen LogP contribution in [0.5, 0.6) is 0 Å². The molecule has 0 aliphatic rings. The van der Waals surface area contributed by atoms with Crippen LogP contribution in [-0.2, 0) is 6.54 Å². The Hall–Kier alpha value is -2.10. The predicted octanol–water partition coefficient (Wildman–Crippen LogP) is 3.26. The fourth-order valence-corrected chi connectivity index (χ4v) is 1.62. The number of para-hydroxylation sites is 1. The van der Waals surface area contributed by atoms with E-state index in [0.717, 1.165) is 5.56 Å². The molecule has 0 saturated carbocycles. The van der Waals surface area contributed by atoms with Crippen molar-refractivity contribution >= 4 is 11.6 Å². The molecule has 17 heavy (non-hydrogen) atoms. The summed E-state index contributed by atoms with van der Waals surface area (Å²) in [5, 5.41) is 3.00. The van der Waals surface area contributed by atoms with Crippen LogP contribution in [0, 0.1) is 12.7 Å². The van der Waals surface area contributed by atoms with Gasteiger partial charge in [0.05, 0.1) is 5.69 Å². The Morgan fingerprint density at radius 2 is 2.35 bits per heavy atom. The molecule has 1 heterocycles. The second-order valence-electron chi connectivity index (χ2n) is 3.75. The number of anilines is 2. The van der Waals surface area contributed by atoms with Crippen LogP contribution in [0.15, 0.2) is 43.2 Å². The number of benzene rings is 1. The highest BCUT2D eigenvalue weighted by Crippen LogP contribution is 2.22. The van der Waals surface area contributed by atoms with Crippen LogP contribution in [0.1, 0.15) is 5.56 Å². The summed E-state index contributed by atoms with van der Waals surface area (Å²) in [6.45, 7) is 6.16. The Morgan fingerprint density at radius 1 is 1.53 bits per heavy atom. The Morgan fingerprint density at radius 3 is 3.06 bits per heavy atom. The van der Waals surface area contributed by atoms with Gasteiger partial charge in [-0.15, -0.1) is 6.58 Å². The molecule has 88 valence electrons. The van der Waals surface area contributed by atoms with Crippen molar-refractivity contribution in [2.24, 2.45) is 0 Å². The molecular formula is C13H14FN3. The van der Waals surface area contributed by atoms with E-state index in [1.54, 1.807) is 18.3 Å². The summed E-state index contributed by atoms with van der Waals surface area (Å²) in [5.41, 5.74) is 1.31. The molecule has 0 amide bonds. The maximum absolute atomic E-state index is 13.6. The predicted molar refractivity (Wildman–Crippen MR) is 66.8 cm³/mol. The molecule has 0 radical (unpaired) electrons. The van der Waals surface area contributed by atoms with Gasteiger partial charge in [-0.05, 0) is 18.6 Å². The molecule has 2 rings (SSSR count). The van der Waals surface area contributed by atoms with E-state index in [1.165, 1.54) is 6.07 Å². The van der Waals surface area contributed by atoms with Crippen molar-refractivity contribution in [1.29, 1.82) is 0 Å². The molecular weight excluding hydrogens is 217 g/mol. The third kappa shape index (κ3) is 2.36. The number of hydrogen-bond acceptors (Lipinski definition) is 2. The van der Waals surface area contributed by atoms with Gasteiger partial charge in [-0.1, -0.05) is 18.2 Å². The maximum atomic E-state index is 13.6. The van der Waals surface area contributed by atoms with E-state index in [2.05, 4.69) is 16.9 Å². The number of aryl methyl sites for hydroxylation is 1. The third-order valence-electron chi connectivity index (χ3n) is 2.50. The smallest absolute Gasteiger partial charge is 0.207 e. The number of rotatable bonds is 4. The first-order valence-electron chi connectivity index (χ1n) is 5.36. The van der Waals surface area contributed by atoms with Gasteiger partial charge in [-0.25, -0.2) is 9.37 Å². The number of allylic oxidation sites excluding steroid dienone is 1. The number of hydrogen-bond donors (Lipinski definition) is 1. The van der Waals surface area contributed by atoms with Gasteiger partial charge in [0.25, 0.3) is 0 Å². The van der Waals surface area contributed by atoms with Gasteiger partial charge in [0.15, 0.2) is 0 Å². The van der Waals surface area contributed by atoms with E-state index in [4.69, 9.17) is 0 Å². The molecule has 0 aliphatic heterocycles. The lowest BCUT2D eigenvalue weighted by Crippen LogP contribution is -2.04. The highest BCUT2D eigenvalue weighted by molar-refractivity contribution is 5.59. The van der Waals surface area contributed by atoms with E-state index in [-0.39, 0.29) is 5.82 Å². The summed E-state index contributed by atoms with van der Waals surface area (Å²) in [4.78, 5) is 4.15. The van der Waals surface area contributed by atoms with Crippen molar-refractivity contribution in [2.45, 2.75) is 13.5 Å². The van der Waals surface area contributed by atoms with E-state index in [0.29, 0.717) is 18.2 Å². The molecule has 0 fully saturated rings. The third-order valence-corrected chi connectivity index (χ3v) is 2.50. The first-order chi connectivity index (χ1) is 8.22. The van der Waals surface area contributed by atoms with Gasteiger partial charge in [0, 0.05) is 18.9 Å². The largest absolute Gasteiger partial charge is 0.323 e. The van der Waals surface area contributed by atoms with Crippen LogP contribution in [0.4, 0.5) is 16.0 Å². The van der Waals surface area contributed by atoms with Crippen LogP contribution >= 0.6 is 0 Å². The molecule has 0 atom stereocenters. The van der Waals surface area contributed by atoms with E-state index in [1.807, 2.05) is 23.8 Å². The van der Waals surface area contributed by atoms with Gasteiger partial charge < -0.3 is 9.88 Å². The first kappa shape index (κ1) is 11.4. The Balaban J connectivity index is 2.31. The monoisotopic (exact) mass is 231 g/mol. The van der Waals surface area contributed by atoms with Gasteiger partial charge >= 0.3 is 0 Å². The minimum absolute atomic E-state index is 0.279. The molecule has 1 aromatic carbocycles. The second-order valence-corrected chi connectivity index (χ2v) is 3.75. The van der Waals surface area contributed by atoms with Crippen LogP contribution in [0.25, 0.3) is 0 Å². The zero-order valence-electron chi connectivity index (χ0n) is 9.65. The summed E-state index contributed by atoms with van der Waals surface area (Å²) in [6.07, 6.45) is 5.25. The molecule has 0 unspecified atom stereocenters.